The van der Waals surface area contributed by atoms with Crippen LogP contribution in [0.2, 0.25) is 5.02 Å². The molecule has 0 saturated carbocycles. The molecule has 1 aliphatic heterocycles. The van der Waals surface area contributed by atoms with Crippen molar-refractivity contribution < 1.29 is 4.79 Å². The van der Waals surface area contributed by atoms with Crippen LogP contribution in [-0.4, -0.2) is 15.5 Å². The SMILES string of the molecule is CCc1ccc(C2c3cccn3-c3ccccc3CN2C(=O)Nc2ccc(Cl)cc2)cc1. The van der Waals surface area contributed by atoms with Gasteiger partial charge in [0.05, 0.1) is 18.3 Å². The molecule has 1 aliphatic rings. The zero-order chi connectivity index (χ0) is 22.1. The molecule has 32 heavy (non-hydrogen) atoms. The fourth-order valence-corrected chi connectivity index (χ4v) is 4.48. The van der Waals surface area contributed by atoms with Gasteiger partial charge in [-0.15, -0.1) is 0 Å². The molecule has 0 fully saturated rings. The van der Waals surface area contributed by atoms with Gasteiger partial charge in [-0.05, 0) is 65.6 Å². The maximum atomic E-state index is 13.6. The smallest absolute Gasteiger partial charge is 0.318 e. The van der Waals surface area contributed by atoms with Gasteiger partial charge in [0.1, 0.15) is 0 Å². The average Bonchev–Trinajstić information content (AvgIpc) is 3.25. The lowest BCUT2D eigenvalue weighted by molar-refractivity contribution is 0.194. The lowest BCUT2D eigenvalue weighted by Gasteiger charge is -2.31. The second-order valence-corrected chi connectivity index (χ2v) is 8.43. The molecule has 160 valence electrons. The maximum Gasteiger partial charge on any atom is 0.322 e. The number of anilines is 1. The molecule has 4 nitrogen and oxygen atoms in total. The molecule has 0 aliphatic carbocycles. The minimum Gasteiger partial charge on any atom is -0.318 e. The van der Waals surface area contributed by atoms with Crippen molar-refractivity contribution in [3.8, 4) is 5.69 Å². The van der Waals surface area contributed by atoms with Crippen molar-refractivity contribution >= 4 is 23.3 Å². The van der Waals surface area contributed by atoms with Crippen LogP contribution in [0.5, 0.6) is 0 Å². The Morgan fingerprint density at radius 1 is 0.969 bits per heavy atom. The Bertz CT molecular complexity index is 1240. The normalized spacial score (nSPS) is 14.9. The number of fused-ring (bicyclic) bond motifs is 3. The number of nitrogens with zero attached hydrogens (tertiary/aromatic N) is 2. The number of carbonyl (C=O) groups excluding carboxylic acids is 1. The number of benzene rings is 3. The molecule has 1 aromatic heterocycles. The highest BCUT2D eigenvalue weighted by molar-refractivity contribution is 6.30. The van der Waals surface area contributed by atoms with Gasteiger partial charge in [0.25, 0.3) is 0 Å². The molecule has 4 aromatic rings. The predicted molar refractivity (Wildman–Crippen MR) is 129 cm³/mol. The Hall–Kier alpha value is -3.50. The Morgan fingerprint density at radius 2 is 1.72 bits per heavy atom. The van der Waals surface area contributed by atoms with Gasteiger partial charge in [-0.25, -0.2) is 4.79 Å². The van der Waals surface area contributed by atoms with Crippen LogP contribution in [0.4, 0.5) is 10.5 Å². The first-order chi connectivity index (χ1) is 15.6. The van der Waals surface area contributed by atoms with E-state index in [4.69, 9.17) is 11.6 Å². The van der Waals surface area contributed by atoms with Crippen LogP contribution >= 0.6 is 11.6 Å². The Kier molecular flexibility index (Phi) is 5.46. The molecular formula is C27H24ClN3O. The molecule has 0 saturated heterocycles. The average molecular weight is 442 g/mol. The van der Waals surface area contributed by atoms with Crippen LogP contribution in [0.25, 0.3) is 5.69 Å². The molecule has 1 unspecified atom stereocenters. The van der Waals surface area contributed by atoms with Crippen molar-refractivity contribution in [1.29, 1.82) is 0 Å². The molecule has 2 amide bonds. The van der Waals surface area contributed by atoms with E-state index in [1.165, 1.54) is 5.56 Å². The molecule has 0 spiro atoms. The van der Waals surface area contributed by atoms with E-state index >= 15 is 0 Å². The van der Waals surface area contributed by atoms with Gasteiger partial charge in [-0.1, -0.05) is 61.0 Å². The predicted octanol–water partition coefficient (Wildman–Crippen LogP) is 6.83. The number of nitrogens with one attached hydrogen (secondary N) is 1. The summed E-state index contributed by atoms with van der Waals surface area (Å²) in [6.45, 7) is 2.64. The number of aryl methyl sites for hydroxylation is 1. The Balaban J connectivity index is 1.61. The summed E-state index contributed by atoms with van der Waals surface area (Å²) in [5.74, 6) is 0. The van der Waals surface area contributed by atoms with Crippen molar-refractivity contribution in [1.82, 2.24) is 9.47 Å². The van der Waals surface area contributed by atoms with Crippen molar-refractivity contribution in [3.63, 3.8) is 0 Å². The van der Waals surface area contributed by atoms with E-state index in [-0.39, 0.29) is 12.1 Å². The standard InChI is InChI=1S/C27H24ClN3O/c1-2-19-9-11-20(12-10-19)26-25-8-5-17-30(25)24-7-4-3-6-21(24)18-31(26)27(32)29-23-15-13-22(28)14-16-23/h3-17,26H,2,18H2,1H3,(H,29,32). The zero-order valence-electron chi connectivity index (χ0n) is 17.8. The molecule has 5 rings (SSSR count). The van der Waals surface area contributed by atoms with E-state index in [0.29, 0.717) is 17.3 Å². The van der Waals surface area contributed by atoms with E-state index in [1.807, 2.05) is 35.2 Å². The highest BCUT2D eigenvalue weighted by atomic mass is 35.5. The van der Waals surface area contributed by atoms with Gasteiger partial charge in [0.2, 0.25) is 0 Å². The molecular weight excluding hydrogens is 418 g/mol. The van der Waals surface area contributed by atoms with Gasteiger partial charge < -0.3 is 14.8 Å². The first-order valence-electron chi connectivity index (χ1n) is 10.8. The molecule has 0 radical (unpaired) electrons. The summed E-state index contributed by atoms with van der Waals surface area (Å²) < 4.78 is 2.20. The summed E-state index contributed by atoms with van der Waals surface area (Å²) >= 11 is 6.02. The van der Waals surface area contributed by atoms with Crippen molar-refractivity contribution in [3.05, 3.63) is 119 Å². The molecule has 1 N–H and O–H groups in total. The topological polar surface area (TPSA) is 37.3 Å². The number of urea groups is 1. The number of rotatable bonds is 3. The third kappa shape index (κ3) is 3.78. The number of carbonyl (C=O) groups is 1. The zero-order valence-corrected chi connectivity index (χ0v) is 18.6. The van der Waals surface area contributed by atoms with Crippen LogP contribution in [-0.2, 0) is 13.0 Å². The highest BCUT2D eigenvalue weighted by Gasteiger charge is 2.32. The first-order valence-corrected chi connectivity index (χ1v) is 11.2. The van der Waals surface area contributed by atoms with E-state index in [1.54, 1.807) is 12.1 Å². The maximum absolute atomic E-state index is 13.6. The summed E-state index contributed by atoms with van der Waals surface area (Å²) in [6.07, 6.45) is 3.05. The summed E-state index contributed by atoms with van der Waals surface area (Å²) in [4.78, 5) is 15.5. The minimum absolute atomic E-state index is 0.152. The molecule has 2 heterocycles. The number of hydrogen-bond donors (Lipinski definition) is 1. The van der Waals surface area contributed by atoms with E-state index in [2.05, 4.69) is 65.5 Å². The van der Waals surface area contributed by atoms with Gasteiger partial charge in [0, 0.05) is 22.6 Å². The Morgan fingerprint density at radius 3 is 2.47 bits per heavy atom. The minimum atomic E-state index is -0.226. The quantitative estimate of drug-likeness (QED) is 0.371. The van der Waals surface area contributed by atoms with Gasteiger partial charge >= 0.3 is 6.03 Å². The van der Waals surface area contributed by atoms with Crippen LogP contribution in [0.15, 0.2) is 91.1 Å². The highest BCUT2D eigenvalue weighted by Crippen LogP contribution is 2.37. The largest absolute Gasteiger partial charge is 0.322 e. The fraction of sp³-hybridized carbons (Fsp3) is 0.148. The van der Waals surface area contributed by atoms with Gasteiger partial charge in [-0.2, -0.15) is 0 Å². The molecule has 3 aromatic carbocycles. The van der Waals surface area contributed by atoms with Crippen LogP contribution < -0.4 is 5.32 Å². The summed E-state index contributed by atoms with van der Waals surface area (Å²) in [5, 5.41) is 3.70. The lowest BCUT2D eigenvalue weighted by Crippen LogP contribution is -2.37. The van der Waals surface area contributed by atoms with Crippen LogP contribution in [0.3, 0.4) is 0 Å². The van der Waals surface area contributed by atoms with Gasteiger partial charge in [0.15, 0.2) is 0 Å². The molecule has 0 bridgehead atoms. The van der Waals surface area contributed by atoms with Crippen LogP contribution in [0, 0.1) is 0 Å². The third-order valence-electron chi connectivity index (χ3n) is 6.02. The molecule has 5 heteroatoms. The third-order valence-corrected chi connectivity index (χ3v) is 6.28. The van der Waals surface area contributed by atoms with Crippen molar-refractivity contribution in [2.24, 2.45) is 0 Å². The summed E-state index contributed by atoms with van der Waals surface area (Å²) in [5.41, 5.74) is 6.34. The van der Waals surface area contributed by atoms with Gasteiger partial charge in [-0.3, -0.25) is 0 Å². The second kappa shape index (κ2) is 8.56. The fourth-order valence-electron chi connectivity index (χ4n) is 4.35. The van der Waals surface area contributed by atoms with Crippen LogP contribution in [0.1, 0.15) is 35.3 Å². The van der Waals surface area contributed by atoms with E-state index in [0.717, 1.165) is 28.9 Å². The monoisotopic (exact) mass is 441 g/mol. The lowest BCUT2D eigenvalue weighted by atomic mass is 10.00. The summed E-state index contributed by atoms with van der Waals surface area (Å²) in [7, 11) is 0. The van der Waals surface area contributed by atoms with Crippen molar-refractivity contribution in [2.45, 2.75) is 25.9 Å². The number of amides is 2. The van der Waals surface area contributed by atoms with E-state index < -0.39 is 0 Å². The first kappa shape index (κ1) is 20.4. The second-order valence-electron chi connectivity index (χ2n) is 7.99. The Labute approximate surface area is 193 Å². The number of aromatic nitrogens is 1. The number of hydrogen-bond acceptors (Lipinski definition) is 1. The summed E-state index contributed by atoms with van der Waals surface area (Å²) in [6, 6.07) is 27.8. The number of para-hydroxylation sites is 1. The number of halogens is 1. The molecule has 1 atom stereocenters. The van der Waals surface area contributed by atoms with Crippen molar-refractivity contribution in [2.75, 3.05) is 5.32 Å². The van der Waals surface area contributed by atoms with E-state index in [9.17, 15) is 4.79 Å².